The molecule has 1 amide bonds. The van der Waals surface area contributed by atoms with Crippen molar-refractivity contribution in [1.82, 2.24) is 14.8 Å². The Labute approximate surface area is 165 Å². The Hall–Kier alpha value is -1.50. The number of aromatic nitrogens is 1. The molecule has 0 aliphatic carbocycles. The van der Waals surface area contributed by atoms with Crippen LogP contribution in [-0.4, -0.2) is 65.1 Å². The standard InChI is InChI=1S/C21H29N3O2S/c1-15-12-23(13-16(2)26-15)14-17-6-5-11-24(17)21(25)10-9-20-22-18-7-3-4-8-19(18)27-20/h3-4,7-8,15-17H,5-6,9-14H2,1-2H3. The number of hydrogen-bond acceptors (Lipinski definition) is 5. The zero-order valence-electron chi connectivity index (χ0n) is 16.3. The maximum atomic E-state index is 12.9. The van der Waals surface area contributed by atoms with Gasteiger partial charge in [-0.25, -0.2) is 4.98 Å². The highest BCUT2D eigenvalue weighted by atomic mass is 32.1. The van der Waals surface area contributed by atoms with Gasteiger partial charge in [0.25, 0.3) is 0 Å². The Morgan fingerprint density at radius 3 is 2.81 bits per heavy atom. The molecule has 2 aromatic rings. The number of para-hydroxylation sites is 1. The molecule has 5 nitrogen and oxygen atoms in total. The quantitative estimate of drug-likeness (QED) is 0.789. The number of aryl methyl sites for hydroxylation is 1. The van der Waals surface area contributed by atoms with Crippen molar-refractivity contribution < 1.29 is 9.53 Å². The summed E-state index contributed by atoms with van der Waals surface area (Å²) in [5.41, 5.74) is 1.04. The first-order valence-corrected chi connectivity index (χ1v) is 10.9. The van der Waals surface area contributed by atoms with Gasteiger partial charge < -0.3 is 9.64 Å². The fourth-order valence-electron chi connectivity index (χ4n) is 4.47. The van der Waals surface area contributed by atoms with Crippen LogP contribution in [0.1, 0.15) is 38.1 Å². The van der Waals surface area contributed by atoms with Crippen molar-refractivity contribution >= 4 is 27.5 Å². The fraction of sp³-hybridized carbons (Fsp3) is 0.619. The number of amides is 1. The molecule has 1 aromatic carbocycles. The molecule has 6 heteroatoms. The minimum Gasteiger partial charge on any atom is -0.373 e. The summed E-state index contributed by atoms with van der Waals surface area (Å²) in [6.07, 6.45) is 4.09. The number of likely N-dealkylation sites (tertiary alicyclic amines) is 1. The second-order valence-electron chi connectivity index (χ2n) is 7.93. The zero-order valence-corrected chi connectivity index (χ0v) is 17.1. The monoisotopic (exact) mass is 387 g/mol. The molecule has 0 spiro atoms. The molecule has 2 saturated heterocycles. The largest absolute Gasteiger partial charge is 0.373 e. The summed E-state index contributed by atoms with van der Waals surface area (Å²) in [7, 11) is 0. The molecule has 146 valence electrons. The maximum absolute atomic E-state index is 12.9. The number of carbonyl (C=O) groups is 1. The normalized spacial score (nSPS) is 26.7. The molecule has 3 heterocycles. The van der Waals surface area contributed by atoms with Gasteiger partial charge in [0.2, 0.25) is 5.91 Å². The Balaban J connectivity index is 1.33. The maximum Gasteiger partial charge on any atom is 0.223 e. The number of carbonyl (C=O) groups excluding carboxylic acids is 1. The highest BCUT2D eigenvalue weighted by molar-refractivity contribution is 7.18. The molecule has 2 aliphatic rings. The molecule has 0 saturated carbocycles. The topological polar surface area (TPSA) is 45.7 Å². The molecule has 1 aromatic heterocycles. The van der Waals surface area contributed by atoms with E-state index in [0.29, 0.717) is 12.5 Å². The van der Waals surface area contributed by atoms with Crippen LogP contribution < -0.4 is 0 Å². The minimum atomic E-state index is 0.276. The fourth-order valence-corrected chi connectivity index (χ4v) is 5.44. The second-order valence-corrected chi connectivity index (χ2v) is 9.05. The van der Waals surface area contributed by atoms with E-state index < -0.39 is 0 Å². The predicted octanol–water partition coefficient (Wildman–Crippen LogP) is 3.33. The summed E-state index contributed by atoms with van der Waals surface area (Å²) in [6, 6.07) is 8.54. The van der Waals surface area contributed by atoms with Gasteiger partial charge in [-0.15, -0.1) is 11.3 Å². The third kappa shape index (κ3) is 4.50. The van der Waals surface area contributed by atoms with Crippen LogP contribution >= 0.6 is 11.3 Å². The van der Waals surface area contributed by atoms with Gasteiger partial charge in [-0.3, -0.25) is 9.69 Å². The highest BCUT2D eigenvalue weighted by Gasteiger charge is 2.32. The van der Waals surface area contributed by atoms with Crippen LogP contribution in [0.2, 0.25) is 0 Å². The van der Waals surface area contributed by atoms with Crippen LogP contribution in [0.15, 0.2) is 24.3 Å². The van der Waals surface area contributed by atoms with Crippen LogP contribution in [-0.2, 0) is 16.0 Å². The van der Waals surface area contributed by atoms with E-state index in [-0.39, 0.29) is 18.1 Å². The SMILES string of the molecule is CC1CN(CC2CCCN2C(=O)CCc2nc3ccccc3s2)CC(C)O1. The number of nitrogens with zero attached hydrogens (tertiary/aromatic N) is 3. The van der Waals surface area contributed by atoms with Crippen molar-refractivity contribution in [2.75, 3.05) is 26.2 Å². The van der Waals surface area contributed by atoms with Gasteiger partial charge in [0.05, 0.1) is 27.4 Å². The lowest BCUT2D eigenvalue weighted by molar-refractivity contribution is -0.133. The lowest BCUT2D eigenvalue weighted by atomic mass is 10.1. The average Bonchev–Trinajstić information content (AvgIpc) is 3.25. The molecule has 3 unspecified atom stereocenters. The Morgan fingerprint density at radius 1 is 1.26 bits per heavy atom. The van der Waals surface area contributed by atoms with Crippen LogP contribution in [0.4, 0.5) is 0 Å². The van der Waals surface area contributed by atoms with Gasteiger partial charge in [0.1, 0.15) is 0 Å². The average molecular weight is 388 g/mol. The summed E-state index contributed by atoms with van der Waals surface area (Å²) in [5.74, 6) is 0.283. The van der Waals surface area contributed by atoms with Gasteiger partial charge in [-0.1, -0.05) is 12.1 Å². The summed E-state index contributed by atoms with van der Waals surface area (Å²) >= 11 is 1.71. The third-order valence-corrected chi connectivity index (χ3v) is 6.65. The van der Waals surface area contributed by atoms with E-state index in [2.05, 4.69) is 34.7 Å². The Kier molecular flexibility index (Phi) is 5.76. The highest BCUT2D eigenvalue weighted by Crippen LogP contribution is 2.25. The first-order valence-electron chi connectivity index (χ1n) is 10.1. The second kappa shape index (κ2) is 8.25. The minimum absolute atomic E-state index is 0.276. The van der Waals surface area contributed by atoms with Gasteiger partial charge in [-0.05, 0) is 38.8 Å². The lowest BCUT2D eigenvalue weighted by Gasteiger charge is -2.38. The van der Waals surface area contributed by atoms with E-state index in [1.54, 1.807) is 11.3 Å². The van der Waals surface area contributed by atoms with E-state index >= 15 is 0 Å². The van der Waals surface area contributed by atoms with Crippen LogP contribution in [0.5, 0.6) is 0 Å². The zero-order chi connectivity index (χ0) is 18.8. The molecule has 0 N–H and O–H groups in total. The molecule has 0 bridgehead atoms. The molecule has 0 radical (unpaired) electrons. The van der Waals surface area contributed by atoms with Crippen LogP contribution in [0.25, 0.3) is 10.2 Å². The third-order valence-electron chi connectivity index (χ3n) is 5.55. The van der Waals surface area contributed by atoms with Crippen molar-refractivity contribution in [2.45, 2.75) is 57.8 Å². The Bertz CT molecular complexity index is 750. The van der Waals surface area contributed by atoms with Crippen LogP contribution in [0, 0.1) is 0 Å². The first kappa shape index (κ1) is 18.8. The molecule has 27 heavy (non-hydrogen) atoms. The number of ether oxygens (including phenoxy) is 1. The molecule has 3 atom stereocenters. The predicted molar refractivity (Wildman–Crippen MR) is 109 cm³/mol. The summed E-state index contributed by atoms with van der Waals surface area (Å²) in [6.45, 7) is 8.09. The number of hydrogen-bond donors (Lipinski definition) is 0. The van der Waals surface area contributed by atoms with Gasteiger partial charge in [-0.2, -0.15) is 0 Å². The van der Waals surface area contributed by atoms with Crippen molar-refractivity contribution in [3.63, 3.8) is 0 Å². The van der Waals surface area contributed by atoms with E-state index in [1.165, 1.54) is 4.70 Å². The van der Waals surface area contributed by atoms with E-state index in [9.17, 15) is 4.79 Å². The molecular formula is C21H29N3O2S. The molecule has 4 rings (SSSR count). The van der Waals surface area contributed by atoms with Crippen molar-refractivity contribution in [3.8, 4) is 0 Å². The van der Waals surface area contributed by atoms with E-state index in [1.807, 2.05) is 18.2 Å². The molecular weight excluding hydrogens is 358 g/mol. The van der Waals surface area contributed by atoms with Crippen molar-refractivity contribution in [1.29, 1.82) is 0 Å². The first-order chi connectivity index (χ1) is 13.1. The molecule has 2 aliphatic heterocycles. The van der Waals surface area contributed by atoms with E-state index in [4.69, 9.17) is 4.74 Å². The number of rotatable bonds is 5. The van der Waals surface area contributed by atoms with E-state index in [0.717, 1.165) is 56.0 Å². The molecule has 2 fully saturated rings. The van der Waals surface area contributed by atoms with Gasteiger partial charge in [0, 0.05) is 45.1 Å². The number of morpholine rings is 1. The van der Waals surface area contributed by atoms with Crippen LogP contribution in [0.3, 0.4) is 0 Å². The van der Waals surface area contributed by atoms with Crippen molar-refractivity contribution in [2.24, 2.45) is 0 Å². The lowest BCUT2D eigenvalue weighted by Crippen LogP contribution is -2.50. The number of thiazole rings is 1. The summed E-state index contributed by atoms with van der Waals surface area (Å²) in [5, 5.41) is 1.07. The van der Waals surface area contributed by atoms with Gasteiger partial charge >= 0.3 is 0 Å². The summed E-state index contributed by atoms with van der Waals surface area (Å²) < 4.78 is 7.04. The van der Waals surface area contributed by atoms with Gasteiger partial charge in [0.15, 0.2) is 0 Å². The summed E-state index contributed by atoms with van der Waals surface area (Å²) in [4.78, 5) is 22.1. The number of benzene rings is 1. The smallest absolute Gasteiger partial charge is 0.223 e. The Morgan fingerprint density at radius 2 is 2.04 bits per heavy atom. The number of fused-ring (bicyclic) bond motifs is 1. The van der Waals surface area contributed by atoms with Crippen molar-refractivity contribution in [3.05, 3.63) is 29.3 Å².